The van der Waals surface area contributed by atoms with Crippen LogP contribution >= 0.6 is 0 Å². The van der Waals surface area contributed by atoms with Gasteiger partial charge in [0, 0.05) is 66.1 Å². The molecule has 2 aliphatic rings. The van der Waals surface area contributed by atoms with Crippen LogP contribution in [0.1, 0.15) is 34.5 Å². The maximum Gasteiger partial charge on any atom is 0.251 e. The van der Waals surface area contributed by atoms with E-state index in [-0.39, 0.29) is 23.8 Å². The molecule has 0 bridgehead atoms. The number of aromatic nitrogens is 3. The molecule has 1 unspecified atom stereocenters. The quantitative estimate of drug-likeness (QED) is 0.356. The van der Waals surface area contributed by atoms with E-state index >= 15 is 0 Å². The van der Waals surface area contributed by atoms with Crippen molar-refractivity contribution in [2.45, 2.75) is 36.7 Å². The van der Waals surface area contributed by atoms with Gasteiger partial charge in [-0.05, 0) is 55.2 Å². The van der Waals surface area contributed by atoms with Crippen LogP contribution in [0.2, 0.25) is 0 Å². The van der Waals surface area contributed by atoms with Gasteiger partial charge in [0.05, 0.1) is 29.1 Å². The summed E-state index contributed by atoms with van der Waals surface area (Å²) in [5.74, 6) is 0.0104. The Labute approximate surface area is 229 Å². The number of rotatable bonds is 6. The molecule has 1 aliphatic carbocycles. The Kier molecular flexibility index (Phi) is 6.70. The smallest absolute Gasteiger partial charge is 0.251 e. The van der Waals surface area contributed by atoms with Crippen molar-refractivity contribution in [3.8, 4) is 11.4 Å². The fraction of sp³-hybridized carbons (Fsp3) is 0.310. The largest absolute Gasteiger partial charge is 0.612 e. The zero-order valence-electron chi connectivity index (χ0n) is 21.8. The lowest BCUT2D eigenvalue weighted by Crippen LogP contribution is -2.52. The Bertz CT molecular complexity index is 1580. The van der Waals surface area contributed by atoms with Crippen LogP contribution < -0.4 is 15.5 Å². The molecule has 10 heteroatoms. The van der Waals surface area contributed by atoms with Crippen LogP contribution in [0.15, 0.2) is 59.6 Å². The third-order valence-corrected chi connectivity index (χ3v) is 8.47. The summed E-state index contributed by atoms with van der Waals surface area (Å²) in [6.07, 6.45) is 5.58. The monoisotopic (exact) mass is 544 g/mol. The molecule has 1 spiro atoms. The van der Waals surface area contributed by atoms with E-state index in [9.17, 15) is 13.7 Å². The van der Waals surface area contributed by atoms with E-state index in [0.717, 1.165) is 43.4 Å². The van der Waals surface area contributed by atoms with Crippen molar-refractivity contribution in [2.75, 3.05) is 30.8 Å². The third-order valence-electron chi connectivity index (χ3n) is 7.41. The second-order valence-corrected chi connectivity index (χ2v) is 11.7. The lowest BCUT2D eigenvalue weighted by molar-refractivity contribution is 0.0950. The number of anilines is 1. The van der Waals surface area contributed by atoms with E-state index in [1.807, 2.05) is 25.1 Å². The Hall–Kier alpha value is -3.60. The summed E-state index contributed by atoms with van der Waals surface area (Å²) >= 11 is -1.18. The SMILES string of the molecule is Cc1ccc(C(=O)NCc2cc3nc(-c4cc(F)cc(N5CCNC6(CC6)C5)n4)ccc3cn2)cc1[S+](C)[O-]. The number of piperazine rings is 1. The van der Waals surface area contributed by atoms with E-state index in [0.29, 0.717) is 38.9 Å². The second kappa shape index (κ2) is 10.2. The average Bonchev–Trinajstić information content (AvgIpc) is 3.68. The number of amides is 1. The number of nitrogens with one attached hydrogen (secondary N) is 2. The summed E-state index contributed by atoms with van der Waals surface area (Å²) in [5.41, 5.74) is 3.84. The zero-order chi connectivity index (χ0) is 27.1. The standard InChI is InChI=1S/C29H29FN6O2S/c1-18-3-4-19(11-26(18)39(2)38)28(37)32-16-22-14-24-20(15-31-22)5-6-23(34-24)25-12-21(30)13-27(35-25)36-10-9-33-29(17-36)7-8-29/h3-6,11-15,33H,7-10,16-17H2,1-2H3,(H,32,37). The molecule has 1 saturated heterocycles. The molecule has 200 valence electrons. The summed E-state index contributed by atoms with van der Waals surface area (Å²) < 4.78 is 26.6. The van der Waals surface area contributed by atoms with Crippen LogP contribution in [0.4, 0.5) is 10.2 Å². The number of fused-ring (bicyclic) bond motifs is 1. The van der Waals surface area contributed by atoms with E-state index in [1.54, 1.807) is 30.7 Å². The molecule has 2 N–H and O–H groups in total. The first-order chi connectivity index (χ1) is 18.8. The number of carbonyl (C=O) groups is 1. The molecule has 2 fully saturated rings. The number of hydrogen-bond acceptors (Lipinski definition) is 7. The van der Waals surface area contributed by atoms with Gasteiger partial charge in [0.1, 0.15) is 17.9 Å². The number of pyridine rings is 3. The maximum absolute atomic E-state index is 14.7. The predicted molar refractivity (Wildman–Crippen MR) is 150 cm³/mol. The van der Waals surface area contributed by atoms with Crippen LogP contribution in [-0.4, -0.2) is 56.8 Å². The number of carbonyl (C=O) groups excluding carboxylic acids is 1. The normalized spacial score (nSPS) is 16.9. The van der Waals surface area contributed by atoms with Gasteiger partial charge in [-0.1, -0.05) is 6.07 Å². The average molecular weight is 545 g/mol. The molecule has 1 amide bonds. The number of benzene rings is 1. The molecule has 1 atom stereocenters. The first-order valence-corrected chi connectivity index (χ1v) is 14.5. The van der Waals surface area contributed by atoms with Crippen molar-refractivity contribution >= 4 is 33.8 Å². The van der Waals surface area contributed by atoms with Gasteiger partial charge in [-0.2, -0.15) is 0 Å². The van der Waals surface area contributed by atoms with E-state index < -0.39 is 11.2 Å². The molecule has 4 aromatic rings. The minimum absolute atomic E-state index is 0.156. The van der Waals surface area contributed by atoms with Gasteiger partial charge < -0.3 is 20.1 Å². The van der Waals surface area contributed by atoms with Crippen molar-refractivity contribution < 1.29 is 13.7 Å². The van der Waals surface area contributed by atoms with Crippen LogP contribution in [0, 0.1) is 12.7 Å². The van der Waals surface area contributed by atoms with Gasteiger partial charge in [0.2, 0.25) is 0 Å². The topological polar surface area (TPSA) is 106 Å². The zero-order valence-corrected chi connectivity index (χ0v) is 22.6. The van der Waals surface area contributed by atoms with Crippen LogP contribution in [-0.2, 0) is 17.7 Å². The summed E-state index contributed by atoms with van der Waals surface area (Å²) in [5, 5.41) is 7.28. The number of aryl methyl sites for hydroxylation is 1. The number of halogens is 1. The van der Waals surface area contributed by atoms with Gasteiger partial charge in [-0.15, -0.1) is 0 Å². The minimum atomic E-state index is -1.18. The van der Waals surface area contributed by atoms with Crippen molar-refractivity contribution in [1.29, 1.82) is 0 Å². The van der Waals surface area contributed by atoms with Gasteiger partial charge in [0.25, 0.3) is 5.91 Å². The Morgan fingerprint density at radius 1 is 1.15 bits per heavy atom. The molecule has 6 rings (SSSR count). The number of nitrogens with zero attached hydrogens (tertiary/aromatic N) is 4. The first kappa shape index (κ1) is 25.7. The fourth-order valence-corrected chi connectivity index (χ4v) is 5.85. The predicted octanol–water partition coefficient (Wildman–Crippen LogP) is 3.75. The third kappa shape index (κ3) is 5.45. The highest BCUT2D eigenvalue weighted by molar-refractivity contribution is 7.90. The molecule has 3 aromatic heterocycles. The molecule has 39 heavy (non-hydrogen) atoms. The highest BCUT2D eigenvalue weighted by Crippen LogP contribution is 2.38. The molecule has 8 nitrogen and oxygen atoms in total. The van der Waals surface area contributed by atoms with E-state index in [4.69, 9.17) is 9.97 Å². The van der Waals surface area contributed by atoms with Crippen molar-refractivity contribution in [3.63, 3.8) is 0 Å². The maximum atomic E-state index is 14.7. The molecular formula is C29H29FN6O2S. The molecule has 0 radical (unpaired) electrons. The molecule has 1 aliphatic heterocycles. The van der Waals surface area contributed by atoms with Crippen molar-refractivity contribution in [3.05, 3.63) is 77.4 Å². The minimum Gasteiger partial charge on any atom is -0.612 e. The van der Waals surface area contributed by atoms with E-state index in [1.165, 1.54) is 12.1 Å². The van der Waals surface area contributed by atoms with E-state index in [2.05, 4.69) is 20.5 Å². The summed E-state index contributed by atoms with van der Waals surface area (Å²) in [4.78, 5) is 29.5. The molecule has 1 aromatic carbocycles. The summed E-state index contributed by atoms with van der Waals surface area (Å²) in [7, 11) is 0. The van der Waals surface area contributed by atoms with Crippen LogP contribution in [0.3, 0.4) is 0 Å². The van der Waals surface area contributed by atoms with Crippen LogP contribution in [0.25, 0.3) is 22.3 Å². The van der Waals surface area contributed by atoms with Gasteiger partial charge in [-0.3, -0.25) is 9.78 Å². The number of hydrogen-bond donors (Lipinski definition) is 2. The Morgan fingerprint density at radius 3 is 2.79 bits per heavy atom. The fourth-order valence-electron chi connectivity index (χ4n) is 5.04. The highest BCUT2D eigenvalue weighted by Gasteiger charge is 2.45. The lowest BCUT2D eigenvalue weighted by Gasteiger charge is -2.35. The summed E-state index contributed by atoms with van der Waals surface area (Å²) in [6.45, 7) is 4.54. The van der Waals surface area contributed by atoms with Crippen LogP contribution in [0.5, 0.6) is 0 Å². The van der Waals surface area contributed by atoms with Crippen molar-refractivity contribution in [2.24, 2.45) is 0 Å². The Balaban J connectivity index is 1.21. The van der Waals surface area contributed by atoms with Gasteiger partial charge >= 0.3 is 0 Å². The highest BCUT2D eigenvalue weighted by atomic mass is 32.2. The van der Waals surface area contributed by atoms with Crippen molar-refractivity contribution in [1.82, 2.24) is 25.6 Å². The molecular weight excluding hydrogens is 515 g/mol. The first-order valence-electron chi connectivity index (χ1n) is 12.9. The molecule has 1 saturated carbocycles. The van der Waals surface area contributed by atoms with Gasteiger partial charge in [0.15, 0.2) is 4.90 Å². The lowest BCUT2D eigenvalue weighted by atomic mass is 10.1. The molecule has 4 heterocycles. The second-order valence-electron chi connectivity index (χ2n) is 10.3. The van der Waals surface area contributed by atoms with Gasteiger partial charge in [-0.25, -0.2) is 14.4 Å². The Morgan fingerprint density at radius 2 is 2.00 bits per heavy atom. The summed E-state index contributed by atoms with van der Waals surface area (Å²) in [6, 6.07) is 13.6.